The maximum Gasteiger partial charge on any atom is 0.228 e. The highest BCUT2D eigenvalue weighted by atomic mass is 16.5. The smallest absolute Gasteiger partial charge is 0.228 e. The number of pyridine rings is 1. The van der Waals surface area contributed by atoms with Gasteiger partial charge in [-0.05, 0) is 77.6 Å². The number of nitrogens with zero attached hydrogens (tertiary/aromatic N) is 1. The molecule has 0 radical (unpaired) electrons. The molecule has 0 saturated heterocycles. The van der Waals surface area contributed by atoms with Crippen molar-refractivity contribution in [2.45, 2.75) is 48.0 Å². The van der Waals surface area contributed by atoms with Gasteiger partial charge in [0.25, 0.3) is 0 Å². The number of aromatic nitrogens is 1. The van der Waals surface area contributed by atoms with Gasteiger partial charge in [-0.2, -0.15) is 0 Å². The van der Waals surface area contributed by atoms with E-state index in [-0.39, 0.29) is 17.6 Å². The number of ether oxygens (including phenoxy) is 1. The van der Waals surface area contributed by atoms with E-state index in [4.69, 9.17) is 7.48 Å². The Labute approximate surface area is 181 Å². The molecule has 2 heterocycles. The van der Waals surface area contributed by atoms with Gasteiger partial charge in [-0.25, -0.2) is 4.57 Å². The van der Waals surface area contributed by atoms with Gasteiger partial charge in [0.2, 0.25) is 5.69 Å². The first-order chi connectivity index (χ1) is 15.0. The van der Waals surface area contributed by atoms with Gasteiger partial charge in [-0.15, -0.1) is 0 Å². The lowest BCUT2D eigenvalue weighted by Gasteiger charge is -2.24. The number of hydrogen-bond donors (Lipinski definition) is 0. The van der Waals surface area contributed by atoms with Crippen LogP contribution in [0.4, 0.5) is 0 Å². The van der Waals surface area contributed by atoms with E-state index in [9.17, 15) is 0 Å². The van der Waals surface area contributed by atoms with Crippen LogP contribution in [0.1, 0.15) is 45.8 Å². The summed E-state index contributed by atoms with van der Waals surface area (Å²) in [5.41, 5.74) is 6.88. The molecule has 1 aliphatic rings. The van der Waals surface area contributed by atoms with Gasteiger partial charge in [0.15, 0.2) is 6.17 Å². The third-order valence-corrected chi connectivity index (χ3v) is 6.12. The van der Waals surface area contributed by atoms with Gasteiger partial charge in [0, 0.05) is 6.04 Å². The summed E-state index contributed by atoms with van der Waals surface area (Å²) in [5.74, 6) is 1.62. The quantitative estimate of drug-likeness (QED) is 0.274. The second-order valence-electron chi connectivity index (χ2n) is 10.1. The predicted molar refractivity (Wildman–Crippen MR) is 126 cm³/mol. The molecule has 1 aromatic heterocycles. The minimum atomic E-state index is 0.114. The fraction of sp³-hybridized carbons (Fsp3) is 0.321. The van der Waals surface area contributed by atoms with Gasteiger partial charge in [0.05, 0.1) is 12.3 Å². The fourth-order valence-electron chi connectivity index (χ4n) is 4.97. The SMILES string of the molecule is [2H]c1c([2H])[n+](C)c2c3c(cc(CC(C)(C)C)cc13)Oc1cc3c(C)cc(C)cc3c(C)c1-2. The first-order valence-corrected chi connectivity index (χ1v) is 10.6. The summed E-state index contributed by atoms with van der Waals surface area (Å²) in [7, 11) is 1.89. The molecule has 4 aromatic rings. The zero-order chi connectivity index (χ0) is 23.1. The zero-order valence-corrected chi connectivity index (χ0v) is 18.9. The van der Waals surface area contributed by atoms with E-state index in [1.807, 2.05) is 11.6 Å². The standard InChI is InChI=1S/C28H30NO/c1-16-10-17(2)21-14-24-25(18(3)22(21)11-16)27-26-20(8-9-29(27)7)12-19(13-23(26)30-24)15-28(4,5)6/h8-14H,15H2,1-7H3/q+1/i8D,9D. The van der Waals surface area contributed by atoms with Crippen molar-refractivity contribution in [3.63, 3.8) is 0 Å². The van der Waals surface area contributed by atoms with Crippen LogP contribution >= 0.6 is 0 Å². The summed E-state index contributed by atoms with van der Waals surface area (Å²) in [5, 5.41) is 4.14. The van der Waals surface area contributed by atoms with Crippen LogP contribution in [0, 0.1) is 26.2 Å². The molecule has 3 aromatic carbocycles. The number of hydrogen-bond acceptors (Lipinski definition) is 1. The lowest BCUT2D eigenvalue weighted by atomic mass is 9.86. The fourth-order valence-corrected chi connectivity index (χ4v) is 4.97. The summed E-state index contributed by atoms with van der Waals surface area (Å²) < 4.78 is 25.8. The van der Waals surface area contributed by atoms with Crippen molar-refractivity contribution in [2.75, 3.05) is 0 Å². The monoisotopic (exact) mass is 398 g/mol. The first-order valence-electron chi connectivity index (χ1n) is 11.6. The highest BCUT2D eigenvalue weighted by Gasteiger charge is 2.31. The topological polar surface area (TPSA) is 13.1 Å². The van der Waals surface area contributed by atoms with Crippen molar-refractivity contribution < 1.29 is 12.0 Å². The van der Waals surface area contributed by atoms with Crippen LogP contribution in [0.3, 0.4) is 0 Å². The molecule has 0 N–H and O–H groups in total. The maximum atomic E-state index is 8.71. The third kappa shape index (κ3) is 2.89. The molecule has 0 unspecified atom stereocenters. The molecule has 0 aliphatic carbocycles. The molecule has 0 bridgehead atoms. The van der Waals surface area contributed by atoms with Crippen LogP contribution in [-0.2, 0) is 13.5 Å². The number of benzene rings is 3. The summed E-state index contributed by atoms with van der Waals surface area (Å²) in [6.45, 7) is 13.1. The summed E-state index contributed by atoms with van der Waals surface area (Å²) in [6.07, 6.45) is 1.10. The molecule has 30 heavy (non-hydrogen) atoms. The van der Waals surface area contributed by atoms with Crippen molar-refractivity contribution in [1.82, 2.24) is 0 Å². The summed E-state index contributed by atoms with van der Waals surface area (Å²) in [4.78, 5) is 0. The highest BCUT2D eigenvalue weighted by molar-refractivity contribution is 6.06. The molecule has 0 amide bonds. The van der Waals surface area contributed by atoms with E-state index in [0.717, 1.165) is 51.1 Å². The highest BCUT2D eigenvalue weighted by Crippen LogP contribution is 2.49. The Morgan fingerprint density at radius 2 is 1.73 bits per heavy atom. The molecule has 2 heteroatoms. The predicted octanol–water partition coefficient (Wildman–Crippen LogP) is 7.10. The molecule has 5 rings (SSSR count). The zero-order valence-electron chi connectivity index (χ0n) is 20.9. The molecule has 0 fully saturated rings. The Bertz CT molecular complexity index is 1460. The van der Waals surface area contributed by atoms with Gasteiger partial charge in [-0.3, -0.25) is 0 Å². The number of aryl methyl sites for hydroxylation is 3. The minimum Gasteiger partial charge on any atom is -0.456 e. The van der Waals surface area contributed by atoms with Gasteiger partial charge < -0.3 is 4.74 Å². The first kappa shape index (κ1) is 16.9. The van der Waals surface area contributed by atoms with Gasteiger partial charge in [-0.1, -0.05) is 44.5 Å². The largest absolute Gasteiger partial charge is 0.456 e. The Morgan fingerprint density at radius 1 is 0.967 bits per heavy atom. The summed E-state index contributed by atoms with van der Waals surface area (Å²) >= 11 is 0. The van der Waals surface area contributed by atoms with E-state index >= 15 is 0 Å². The van der Waals surface area contributed by atoms with Crippen molar-refractivity contribution in [2.24, 2.45) is 12.5 Å². The Balaban J connectivity index is 1.93. The van der Waals surface area contributed by atoms with Crippen LogP contribution in [-0.4, -0.2) is 0 Å². The molecular weight excluding hydrogens is 366 g/mol. The average Bonchev–Trinajstić information content (AvgIpc) is 2.69. The second-order valence-corrected chi connectivity index (χ2v) is 10.1. The molecule has 0 spiro atoms. The average molecular weight is 399 g/mol. The molecule has 0 atom stereocenters. The lowest BCUT2D eigenvalue weighted by Crippen LogP contribution is -2.31. The normalized spacial score (nSPS) is 13.8. The van der Waals surface area contributed by atoms with E-state index in [0.29, 0.717) is 0 Å². The second kappa shape index (κ2) is 6.31. The van der Waals surface area contributed by atoms with E-state index in [1.165, 1.54) is 21.9 Å². The molecule has 0 saturated carbocycles. The van der Waals surface area contributed by atoms with Crippen molar-refractivity contribution in [1.29, 1.82) is 0 Å². The molecule has 152 valence electrons. The Kier molecular flexibility index (Phi) is 3.55. The van der Waals surface area contributed by atoms with Crippen LogP contribution in [0.2, 0.25) is 0 Å². The van der Waals surface area contributed by atoms with Crippen LogP contribution in [0.15, 0.2) is 42.5 Å². The maximum absolute atomic E-state index is 8.71. The van der Waals surface area contributed by atoms with E-state index < -0.39 is 0 Å². The molecule has 2 nitrogen and oxygen atoms in total. The van der Waals surface area contributed by atoms with E-state index in [1.54, 1.807) is 0 Å². The Morgan fingerprint density at radius 3 is 2.47 bits per heavy atom. The van der Waals surface area contributed by atoms with E-state index in [2.05, 4.69) is 71.9 Å². The van der Waals surface area contributed by atoms with Crippen molar-refractivity contribution in [3.8, 4) is 22.8 Å². The van der Waals surface area contributed by atoms with Gasteiger partial charge >= 0.3 is 0 Å². The minimum absolute atomic E-state index is 0.114. The Hall–Kier alpha value is -2.87. The number of rotatable bonds is 1. The van der Waals surface area contributed by atoms with Crippen molar-refractivity contribution in [3.05, 3.63) is 64.8 Å². The lowest BCUT2D eigenvalue weighted by molar-refractivity contribution is -0.659. The van der Waals surface area contributed by atoms with Crippen molar-refractivity contribution >= 4 is 21.5 Å². The van der Waals surface area contributed by atoms with Crippen LogP contribution < -0.4 is 9.30 Å². The number of fused-ring (bicyclic) bond motifs is 3. The summed E-state index contributed by atoms with van der Waals surface area (Å²) in [6, 6.07) is 11.1. The van der Waals surface area contributed by atoms with Crippen LogP contribution in [0.5, 0.6) is 11.5 Å². The molecule has 1 aliphatic heterocycles. The molecular formula is C28H30NO+. The van der Waals surface area contributed by atoms with Gasteiger partial charge in [0.1, 0.15) is 19.9 Å². The third-order valence-electron chi connectivity index (χ3n) is 6.12. The van der Waals surface area contributed by atoms with Crippen LogP contribution in [0.25, 0.3) is 32.8 Å².